The maximum atomic E-state index is 10.5. The highest BCUT2D eigenvalue weighted by Gasteiger charge is 2.10. The van der Waals surface area contributed by atoms with E-state index in [-0.39, 0.29) is 6.54 Å². The smallest absolute Gasteiger partial charge is 0.322 e. The molecule has 0 amide bonds. The molecule has 88 valence electrons. The van der Waals surface area contributed by atoms with Gasteiger partial charge in [0.1, 0.15) is 6.04 Å². The molecule has 4 N–H and O–H groups in total. The predicted molar refractivity (Wildman–Crippen MR) is 66.9 cm³/mol. The van der Waals surface area contributed by atoms with Crippen molar-refractivity contribution in [1.29, 1.82) is 0 Å². The van der Waals surface area contributed by atoms with Crippen molar-refractivity contribution in [3.05, 3.63) is 24.3 Å². The van der Waals surface area contributed by atoms with Gasteiger partial charge in [-0.15, -0.1) is 11.8 Å². The van der Waals surface area contributed by atoms with Crippen molar-refractivity contribution in [1.82, 2.24) is 0 Å². The molecule has 1 atom stereocenters. The lowest BCUT2D eigenvalue weighted by Gasteiger charge is -2.09. The number of benzene rings is 1. The summed E-state index contributed by atoms with van der Waals surface area (Å²) in [6, 6.07) is 6.98. The number of nitrogens with two attached hydrogens (primary N) is 1. The normalized spacial score (nSPS) is 12.1. The number of aliphatic carboxylic acids is 1. The highest BCUT2D eigenvalue weighted by molar-refractivity contribution is 7.99. The lowest BCUT2D eigenvalue weighted by atomic mass is 10.3. The zero-order valence-corrected chi connectivity index (χ0v) is 9.96. The second-order valence-corrected chi connectivity index (χ2v) is 4.62. The summed E-state index contributed by atoms with van der Waals surface area (Å²) < 4.78 is 0. The van der Waals surface area contributed by atoms with E-state index in [0.717, 1.165) is 11.4 Å². The minimum absolute atomic E-state index is 0.232. The van der Waals surface area contributed by atoms with Crippen molar-refractivity contribution in [3.63, 3.8) is 0 Å². The van der Waals surface area contributed by atoms with Gasteiger partial charge in [-0.05, 0) is 30.0 Å². The fraction of sp³-hybridized carbons (Fsp3) is 0.364. The van der Waals surface area contributed by atoms with Crippen LogP contribution in [0.4, 0.5) is 5.69 Å². The van der Waals surface area contributed by atoms with Gasteiger partial charge in [0.05, 0.1) is 0 Å². The molecule has 0 spiro atoms. The fourth-order valence-electron chi connectivity index (χ4n) is 1.15. The molecule has 0 aliphatic carbocycles. The zero-order valence-electron chi connectivity index (χ0n) is 9.14. The van der Waals surface area contributed by atoms with Crippen LogP contribution in [-0.4, -0.2) is 29.4 Å². The standard InChI is InChI=1S/C11H16N2O2S/c1-2-16-9-5-3-8(4-6-9)13-7-10(12)11(14)15/h3-6,10,13H,2,7,12H2,1H3,(H,14,15). The molecule has 1 aromatic rings. The first-order chi connectivity index (χ1) is 7.63. The van der Waals surface area contributed by atoms with Crippen LogP contribution < -0.4 is 11.1 Å². The fourth-order valence-corrected chi connectivity index (χ4v) is 1.81. The summed E-state index contributed by atoms with van der Waals surface area (Å²) in [7, 11) is 0. The molecule has 1 aromatic carbocycles. The number of hydrogen-bond donors (Lipinski definition) is 3. The number of thioether (sulfide) groups is 1. The monoisotopic (exact) mass is 240 g/mol. The van der Waals surface area contributed by atoms with Crippen molar-refractivity contribution < 1.29 is 9.90 Å². The van der Waals surface area contributed by atoms with E-state index in [1.165, 1.54) is 4.90 Å². The molecule has 16 heavy (non-hydrogen) atoms. The van der Waals surface area contributed by atoms with Crippen LogP contribution in [0.2, 0.25) is 0 Å². The molecule has 0 fully saturated rings. The minimum Gasteiger partial charge on any atom is -0.480 e. The van der Waals surface area contributed by atoms with Crippen LogP contribution in [-0.2, 0) is 4.79 Å². The molecular weight excluding hydrogens is 224 g/mol. The maximum absolute atomic E-state index is 10.5. The molecule has 0 saturated heterocycles. The van der Waals surface area contributed by atoms with E-state index in [4.69, 9.17) is 10.8 Å². The van der Waals surface area contributed by atoms with Crippen molar-refractivity contribution in [2.45, 2.75) is 17.9 Å². The molecular formula is C11H16N2O2S. The number of carboxylic acids is 1. The largest absolute Gasteiger partial charge is 0.480 e. The Morgan fingerprint density at radius 2 is 2.12 bits per heavy atom. The minimum atomic E-state index is -0.995. The first-order valence-corrected chi connectivity index (χ1v) is 6.07. The van der Waals surface area contributed by atoms with Crippen molar-refractivity contribution in [2.24, 2.45) is 5.73 Å². The maximum Gasteiger partial charge on any atom is 0.322 e. The number of rotatable bonds is 6. The van der Waals surface area contributed by atoms with Crippen LogP contribution in [0.1, 0.15) is 6.92 Å². The summed E-state index contributed by atoms with van der Waals surface area (Å²) in [6.07, 6.45) is 0. The molecule has 0 aliphatic rings. The van der Waals surface area contributed by atoms with Crippen LogP contribution in [0.15, 0.2) is 29.2 Å². The molecule has 1 unspecified atom stereocenters. The van der Waals surface area contributed by atoms with E-state index in [1.807, 2.05) is 24.3 Å². The zero-order chi connectivity index (χ0) is 12.0. The third kappa shape index (κ3) is 4.12. The molecule has 0 aromatic heterocycles. The van der Waals surface area contributed by atoms with Gasteiger partial charge in [-0.25, -0.2) is 0 Å². The predicted octanol–water partition coefficient (Wildman–Crippen LogP) is 1.62. The Morgan fingerprint density at radius 3 is 2.62 bits per heavy atom. The number of carboxylic acid groups (broad SMARTS) is 1. The first kappa shape index (κ1) is 12.9. The van der Waals surface area contributed by atoms with Crippen LogP contribution in [0.5, 0.6) is 0 Å². The Hall–Kier alpha value is -1.20. The summed E-state index contributed by atoms with van der Waals surface area (Å²) in [5.41, 5.74) is 6.26. The second kappa shape index (κ2) is 6.40. The summed E-state index contributed by atoms with van der Waals surface area (Å²) in [5.74, 6) is 0.0436. The van der Waals surface area contributed by atoms with Crippen molar-refractivity contribution in [3.8, 4) is 0 Å². The summed E-state index contributed by atoms with van der Waals surface area (Å²) in [4.78, 5) is 11.7. The van der Waals surface area contributed by atoms with Crippen LogP contribution in [0.3, 0.4) is 0 Å². The molecule has 0 heterocycles. The quantitative estimate of drug-likeness (QED) is 0.659. The van der Waals surface area contributed by atoms with Crippen LogP contribution in [0.25, 0.3) is 0 Å². The number of nitrogens with one attached hydrogen (secondary N) is 1. The molecule has 0 aliphatic heterocycles. The average molecular weight is 240 g/mol. The average Bonchev–Trinajstić information content (AvgIpc) is 2.28. The highest BCUT2D eigenvalue weighted by atomic mass is 32.2. The Labute approximate surface area is 99.2 Å². The van der Waals surface area contributed by atoms with Gasteiger partial charge in [-0.1, -0.05) is 6.92 Å². The third-order valence-electron chi connectivity index (χ3n) is 2.01. The topological polar surface area (TPSA) is 75.3 Å². The molecule has 5 heteroatoms. The molecule has 0 radical (unpaired) electrons. The third-order valence-corrected chi connectivity index (χ3v) is 2.90. The number of carbonyl (C=O) groups is 1. The number of hydrogen-bond acceptors (Lipinski definition) is 4. The van der Waals surface area contributed by atoms with Gasteiger partial charge < -0.3 is 16.2 Å². The SMILES string of the molecule is CCSc1ccc(NCC(N)C(=O)O)cc1. The van der Waals surface area contributed by atoms with E-state index < -0.39 is 12.0 Å². The van der Waals surface area contributed by atoms with E-state index in [2.05, 4.69) is 12.2 Å². The Bertz CT molecular complexity index is 340. The van der Waals surface area contributed by atoms with Gasteiger partial charge in [0, 0.05) is 17.1 Å². The van der Waals surface area contributed by atoms with Crippen molar-refractivity contribution in [2.75, 3.05) is 17.6 Å². The van der Waals surface area contributed by atoms with E-state index in [9.17, 15) is 4.79 Å². The van der Waals surface area contributed by atoms with E-state index >= 15 is 0 Å². The van der Waals surface area contributed by atoms with Gasteiger partial charge in [-0.3, -0.25) is 4.79 Å². The lowest BCUT2D eigenvalue weighted by Crippen LogP contribution is -2.36. The molecule has 4 nitrogen and oxygen atoms in total. The van der Waals surface area contributed by atoms with Crippen LogP contribution in [0, 0.1) is 0 Å². The Morgan fingerprint density at radius 1 is 1.50 bits per heavy atom. The van der Waals surface area contributed by atoms with Crippen LogP contribution >= 0.6 is 11.8 Å². The second-order valence-electron chi connectivity index (χ2n) is 3.28. The highest BCUT2D eigenvalue weighted by Crippen LogP contribution is 2.19. The lowest BCUT2D eigenvalue weighted by molar-refractivity contribution is -0.138. The van der Waals surface area contributed by atoms with Gasteiger partial charge in [0.15, 0.2) is 0 Å². The Balaban J connectivity index is 2.46. The summed E-state index contributed by atoms with van der Waals surface area (Å²) in [5, 5.41) is 11.6. The van der Waals surface area contributed by atoms with E-state index in [1.54, 1.807) is 11.8 Å². The number of anilines is 1. The van der Waals surface area contributed by atoms with E-state index in [0.29, 0.717) is 0 Å². The Kier molecular flexibility index (Phi) is 5.14. The summed E-state index contributed by atoms with van der Waals surface area (Å²) >= 11 is 1.77. The van der Waals surface area contributed by atoms with Gasteiger partial charge >= 0.3 is 5.97 Å². The van der Waals surface area contributed by atoms with Crippen molar-refractivity contribution >= 4 is 23.4 Å². The van der Waals surface area contributed by atoms with Gasteiger partial charge in [0.25, 0.3) is 0 Å². The van der Waals surface area contributed by atoms with Gasteiger partial charge in [0.2, 0.25) is 0 Å². The van der Waals surface area contributed by atoms with Gasteiger partial charge in [-0.2, -0.15) is 0 Å². The molecule has 0 bridgehead atoms. The molecule has 0 saturated carbocycles. The summed E-state index contributed by atoms with van der Waals surface area (Å²) in [6.45, 7) is 2.33. The first-order valence-electron chi connectivity index (χ1n) is 5.08. The molecule has 1 rings (SSSR count).